The fourth-order valence-electron chi connectivity index (χ4n) is 4.25. The lowest BCUT2D eigenvalue weighted by Gasteiger charge is -2.34. The summed E-state index contributed by atoms with van der Waals surface area (Å²) in [5.74, 6) is -1.36. The van der Waals surface area contributed by atoms with Crippen LogP contribution >= 0.6 is 23.2 Å². The Morgan fingerprint density at radius 1 is 1.19 bits per heavy atom. The lowest BCUT2D eigenvalue weighted by atomic mass is 9.97. The standard InChI is InChI=1S/C23H23Cl2N5O5S/c1-23(7-2-8-30(23)36(34,35)18-11-16(24)10-17(25)12-18)22(33)28-19(21(31)32)9-14-3-5-15(6-4-14)20-26-13-27-29-20/h3-6,10-13,19H,2,7-9H2,1H3,(H,28,33)(H,31,32)(H,26,27,29)/t19-,23-/m0/s1. The van der Waals surface area contributed by atoms with Gasteiger partial charge in [-0.3, -0.25) is 9.89 Å². The fraction of sp³-hybridized carbons (Fsp3) is 0.304. The summed E-state index contributed by atoms with van der Waals surface area (Å²) in [5.41, 5.74) is -0.0505. The number of hydrogen-bond acceptors (Lipinski definition) is 6. The summed E-state index contributed by atoms with van der Waals surface area (Å²) in [6.07, 6.45) is 2.04. The molecule has 2 atom stereocenters. The topological polar surface area (TPSA) is 145 Å². The molecule has 0 saturated carbocycles. The van der Waals surface area contributed by atoms with Crippen LogP contribution in [0, 0.1) is 0 Å². The molecule has 4 rings (SSSR count). The quantitative estimate of drug-likeness (QED) is 0.389. The molecule has 13 heteroatoms. The Balaban J connectivity index is 1.53. The number of carbonyl (C=O) groups is 2. The first kappa shape index (κ1) is 26.1. The number of aliphatic carboxylic acids is 1. The average molecular weight is 552 g/mol. The van der Waals surface area contributed by atoms with Gasteiger partial charge in [-0.2, -0.15) is 9.40 Å². The number of aromatic amines is 1. The van der Waals surface area contributed by atoms with E-state index in [9.17, 15) is 23.1 Å². The molecule has 190 valence electrons. The molecule has 0 unspecified atom stereocenters. The molecule has 3 N–H and O–H groups in total. The lowest BCUT2D eigenvalue weighted by molar-refractivity contribution is -0.143. The summed E-state index contributed by atoms with van der Waals surface area (Å²) in [5, 5.41) is 19.2. The Kier molecular flexibility index (Phi) is 7.37. The Labute approximate surface area is 217 Å². The Bertz CT molecular complexity index is 1360. The predicted octanol–water partition coefficient (Wildman–Crippen LogP) is 3.13. The number of hydrogen-bond donors (Lipinski definition) is 3. The van der Waals surface area contributed by atoms with Gasteiger partial charge in [-0.25, -0.2) is 18.2 Å². The predicted molar refractivity (Wildman–Crippen MR) is 133 cm³/mol. The number of aromatic nitrogens is 3. The highest BCUT2D eigenvalue weighted by Crippen LogP contribution is 2.36. The van der Waals surface area contributed by atoms with Gasteiger partial charge in [0.15, 0.2) is 5.82 Å². The number of H-pyrrole nitrogens is 1. The molecule has 1 aliphatic rings. The molecule has 1 fully saturated rings. The Morgan fingerprint density at radius 3 is 2.44 bits per heavy atom. The molecule has 1 aromatic heterocycles. The fourth-order valence-corrected chi connectivity index (χ4v) is 6.78. The lowest BCUT2D eigenvalue weighted by Crippen LogP contribution is -2.58. The number of carboxylic acid groups (broad SMARTS) is 1. The van der Waals surface area contributed by atoms with Crippen molar-refractivity contribution < 1.29 is 23.1 Å². The third kappa shape index (κ3) is 5.24. The molecule has 1 amide bonds. The third-order valence-electron chi connectivity index (χ3n) is 6.17. The van der Waals surface area contributed by atoms with Gasteiger partial charge in [-0.05, 0) is 43.5 Å². The van der Waals surface area contributed by atoms with Crippen LogP contribution in [0.1, 0.15) is 25.3 Å². The highest BCUT2D eigenvalue weighted by atomic mass is 35.5. The number of amides is 1. The SMILES string of the molecule is C[C@@]1(C(=O)N[C@@H](Cc2ccc(-c3ncn[nH]3)cc2)C(=O)O)CCCN1S(=O)(=O)c1cc(Cl)cc(Cl)c1. The molecule has 1 aliphatic heterocycles. The minimum absolute atomic E-state index is 0.00445. The van der Waals surface area contributed by atoms with Crippen molar-refractivity contribution in [3.05, 3.63) is 64.4 Å². The minimum Gasteiger partial charge on any atom is -0.480 e. The van der Waals surface area contributed by atoms with Crippen LogP contribution in [-0.2, 0) is 26.0 Å². The second-order valence-corrected chi connectivity index (χ2v) is 11.4. The number of rotatable bonds is 8. The summed E-state index contributed by atoms with van der Waals surface area (Å²) in [6, 6.07) is 9.67. The van der Waals surface area contributed by atoms with E-state index < -0.39 is 33.5 Å². The van der Waals surface area contributed by atoms with Crippen LogP contribution in [0.25, 0.3) is 11.4 Å². The van der Waals surface area contributed by atoms with Gasteiger partial charge in [-0.15, -0.1) is 0 Å². The summed E-state index contributed by atoms with van der Waals surface area (Å²) in [4.78, 5) is 29.3. The van der Waals surface area contributed by atoms with E-state index in [1.807, 2.05) is 0 Å². The van der Waals surface area contributed by atoms with E-state index in [0.717, 1.165) is 9.87 Å². The van der Waals surface area contributed by atoms with Gasteiger partial charge in [0, 0.05) is 28.6 Å². The molecule has 2 aromatic carbocycles. The molecule has 0 radical (unpaired) electrons. The van der Waals surface area contributed by atoms with Crippen LogP contribution < -0.4 is 5.32 Å². The smallest absolute Gasteiger partial charge is 0.326 e. The van der Waals surface area contributed by atoms with Crippen LogP contribution in [0.3, 0.4) is 0 Å². The number of sulfonamides is 1. The van der Waals surface area contributed by atoms with Crippen molar-refractivity contribution in [3.8, 4) is 11.4 Å². The van der Waals surface area contributed by atoms with Gasteiger partial charge in [-0.1, -0.05) is 47.5 Å². The molecular weight excluding hydrogens is 529 g/mol. The van der Waals surface area contributed by atoms with E-state index in [0.29, 0.717) is 17.8 Å². The third-order valence-corrected chi connectivity index (χ3v) is 8.61. The highest BCUT2D eigenvalue weighted by molar-refractivity contribution is 7.89. The molecule has 0 bridgehead atoms. The Morgan fingerprint density at radius 2 is 1.86 bits per heavy atom. The minimum atomic E-state index is -4.14. The number of carbonyl (C=O) groups excluding carboxylic acids is 1. The monoisotopic (exact) mass is 551 g/mol. The second kappa shape index (κ2) is 10.2. The molecule has 36 heavy (non-hydrogen) atoms. The van der Waals surface area contributed by atoms with Crippen molar-refractivity contribution in [1.29, 1.82) is 0 Å². The van der Waals surface area contributed by atoms with Crippen molar-refractivity contribution in [1.82, 2.24) is 24.8 Å². The van der Waals surface area contributed by atoms with Crippen LogP contribution in [0.5, 0.6) is 0 Å². The number of nitrogens with one attached hydrogen (secondary N) is 2. The average Bonchev–Trinajstić information content (AvgIpc) is 3.49. The summed E-state index contributed by atoms with van der Waals surface area (Å²) < 4.78 is 27.9. The Hall–Kier alpha value is -2.99. The zero-order chi connectivity index (χ0) is 26.1. The van der Waals surface area contributed by atoms with E-state index >= 15 is 0 Å². The molecule has 0 spiro atoms. The molecular formula is C23H23Cl2N5O5S. The van der Waals surface area contributed by atoms with E-state index in [-0.39, 0.29) is 34.3 Å². The van der Waals surface area contributed by atoms with E-state index in [4.69, 9.17) is 23.2 Å². The van der Waals surface area contributed by atoms with Gasteiger partial charge in [0.1, 0.15) is 17.9 Å². The first-order valence-electron chi connectivity index (χ1n) is 11.0. The number of halogens is 2. The van der Waals surface area contributed by atoms with E-state index in [1.165, 1.54) is 31.5 Å². The van der Waals surface area contributed by atoms with Crippen molar-refractivity contribution in [2.24, 2.45) is 0 Å². The maximum absolute atomic E-state index is 13.4. The maximum atomic E-state index is 13.4. The highest BCUT2D eigenvalue weighted by Gasteiger charge is 2.50. The van der Waals surface area contributed by atoms with Crippen LogP contribution in [0.15, 0.2) is 53.7 Å². The summed E-state index contributed by atoms with van der Waals surface area (Å²) >= 11 is 12.0. The van der Waals surface area contributed by atoms with Crippen LogP contribution in [0.2, 0.25) is 10.0 Å². The molecule has 3 aromatic rings. The van der Waals surface area contributed by atoms with Crippen LogP contribution in [0.4, 0.5) is 0 Å². The zero-order valence-electron chi connectivity index (χ0n) is 19.1. The first-order chi connectivity index (χ1) is 17.0. The van der Waals surface area contributed by atoms with E-state index in [2.05, 4.69) is 20.5 Å². The van der Waals surface area contributed by atoms with Gasteiger partial charge < -0.3 is 10.4 Å². The van der Waals surface area contributed by atoms with E-state index in [1.54, 1.807) is 24.3 Å². The summed E-state index contributed by atoms with van der Waals surface area (Å²) in [6.45, 7) is 1.58. The van der Waals surface area contributed by atoms with Gasteiger partial charge in [0.2, 0.25) is 15.9 Å². The van der Waals surface area contributed by atoms with Gasteiger partial charge in [0.05, 0.1) is 4.90 Å². The number of nitrogens with zero attached hydrogens (tertiary/aromatic N) is 3. The molecule has 0 aliphatic carbocycles. The zero-order valence-corrected chi connectivity index (χ0v) is 21.4. The second-order valence-electron chi connectivity index (χ2n) is 8.66. The van der Waals surface area contributed by atoms with Crippen molar-refractivity contribution >= 4 is 45.1 Å². The number of carboxylic acids is 1. The largest absolute Gasteiger partial charge is 0.480 e. The van der Waals surface area contributed by atoms with Gasteiger partial charge in [0.25, 0.3) is 0 Å². The summed E-state index contributed by atoms with van der Waals surface area (Å²) in [7, 11) is -4.14. The molecule has 10 nitrogen and oxygen atoms in total. The maximum Gasteiger partial charge on any atom is 0.326 e. The van der Waals surface area contributed by atoms with Crippen molar-refractivity contribution in [2.75, 3.05) is 6.54 Å². The molecule has 2 heterocycles. The van der Waals surface area contributed by atoms with Crippen molar-refractivity contribution in [3.63, 3.8) is 0 Å². The van der Waals surface area contributed by atoms with Crippen LogP contribution in [-0.4, -0.2) is 63.0 Å². The molecule has 1 saturated heterocycles. The first-order valence-corrected chi connectivity index (χ1v) is 13.2. The normalized spacial score (nSPS) is 19.2. The van der Waals surface area contributed by atoms with Gasteiger partial charge >= 0.3 is 5.97 Å². The number of benzene rings is 2. The van der Waals surface area contributed by atoms with Crippen molar-refractivity contribution in [2.45, 2.75) is 42.7 Å².